The maximum atomic E-state index is 12.5. The highest BCUT2D eigenvalue weighted by Gasteiger charge is 2.22. The number of thioether (sulfide) groups is 1. The molecule has 0 aliphatic heterocycles. The van der Waals surface area contributed by atoms with Gasteiger partial charge in [0.05, 0.1) is 29.0 Å². The third-order valence-corrected chi connectivity index (χ3v) is 6.25. The molecule has 0 bridgehead atoms. The highest BCUT2D eigenvalue weighted by molar-refractivity contribution is 7.99. The van der Waals surface area contributed by atoms with E-state index < -0.39 is 0 Å². The molecule has 0 aliphatic carbocycles. The maximum Gasteiger partial charge on any atom is 0.234 e. The van der Waals surface area contributed by atoms with Gasteiger partial charge >= 0.3 is 0 Å². The first kappa shape index (κ1) is 23.3. The van der Waals surface area contributed by atoms with Gasteiger partial charge in [-0.15, -0.1) is 10.2 Å². The lowest BCUT2D eigenvalue weighted by Gasteiger charge is -2.23. The molecule has 0 spiro atoms. The summed E-state index contributed by atoms with van der Waals surface area (Å²) < 4.78 is 2.11. The molecule has 1 atom stereocenters. The first-order valence-corrected chi connectivity index (χ1v) is 11.6. The number of carbonyl (C=O) groups excluding carboxylic acids is 1. The Morgan fingerprint density at radius 2 is 1.94 bits per heavy atom. The van der Waals surface area contributed by atoms with Gasteiger partial charge in [-0.25, -0.2) is 0 Å². The Morgan fingerprint density at radius 1 is 1.19 bits per heavy atom. The zero-order valence-corrected chi connectivity index (χ0v) is 19.9. The molecule has 8 heteroatoms. The van der Waals surface area contributed by atoms with Crippen molar-refractivity contribution in [3.8, 4) is 0 Å². The van der Waals surface area contributed by atoms with Gasteiger partial charge in [-0.3, -0.25) is 9.69 Å². The van der Waals surface area contributed by atoms with Crippen LogP contribution in [-0.2, 0) is 11.3 Å². The average Bonchev–Trinajstić information content (AvgIpc) is 3.12. The third-order valence-electron chi connectivity index (χ3n) is 4.97. The third kappa shape index (κ3) is 6.09. The SMILES string of the molecule is CC[C@H](c1nnc(SCC(=O)Nc2ccc(C)cc2Cl)n1Cc1ccccc1)N(C)C. The van der Waals surface area contributed by atoms with E-state index in [4.69, 9.17) is 11.6 Å². The number of carbonyl (C=O) groups is 1. The van der Waals surface area contributed by atoms with Crippen molar-refractivity contribution in [3.05, 3.63) is 70.5 Å². The molecule has 3 rings (SSSR count). The molecule has 0 saturated heterocycles. The highest BCUT2D eigenvalue weighted by atomic mass is 35.5. The van der Waals surface area contributed by atoms with Gasteiger partial charge in [-0.05, 0) is 50.7 Å². The summed E-state index contributed by atoms with van der Waals surface area (Å²) in [4.78, 5) is 14.7. The summed E-state index contributed by atoms with van der Waals surface area (Å²) >= 11 is 7.62. The monoisotopic (exact) mass is 457 g/mol. The van der Waals surface area contributed by atoms with Crippen LogP contribution < -0.4 is 5.32 Å². The summed E-state index contributed by atoms with van der Waals surface area (Å²) in [5.74, 6) is 0.989. The average molecular weight is 458 g/mol. The summed E-state index contributed by atoms with van der Waals surface area (Å²) in [5, 5.41) is 13.0. The van der Waals surface area contributed by atoms with Gasteiger partial charge in [0.1, 0.15) is 0 Å². The van der Waals surface area contributed by atoms with Crippen molar-refractivity contribution in [1.82, 2.24) is 19.7 Å². The second-order valence-corrected chi connectivity index (χ2v) is 8.97. The molecule has 1 aromatic heterocycles. The van der Waals surface area contributed by atoms with Gasteiger partial charge in [0, 0.05) is 0 Å². The van der Waals surface area contributed by atoms with Crippen LogP contribution in [0.3, 0.4) is 0 Å². The molecular weight excluding hydrogens is 430 g/mol. The molecule has 0 aliphatic rings. The van der Waals surface area contributed by atoms with Gasteiger partial charge in [-0.1, -0.05) is 66.7 Å². The van der Waals surface area contributed by atoms with E-state index in [2.05, 4.69) is 44.0 Å². The van der Waals surface area contributed by atoms with E-state index >= 15 is 0 Å². The number of amides is 1. The zero-order valence-electron chi connectivity index (χ0n) is 18.3. The Balaban J connectivity index is 1.78. The molecule has 3 aromatic rings. The Hall–Kier alpha value is -2.35. The Bertz CT molecular complexity index is 1020. The molecule has 0 fully saturated rings. The number of aromatic nitrogens is 3. The lowest BCUT2D eigenvalue weighted by atomic mass is 10.2. The van der Waals surface area contributed by atoms with Crippen LogP contribution in [0, 0.1) is 6.92 Å². The molecule has 31 heavy (non-hydrogen) atoms. The number of hydrogen-bond donors (Lipinski definition) is 1. The first-order valence-electron chi connectivity index (χ1n) is 10.2. The van der Waals surface area contributed by atoms with E-state index in [-0.39, 0.29) is 17.7 Å². The van der Waals surface area contributed by atoms with Gasteiger partial charge in [0.15, 0.2) is 11.0 Å². The minimum atomic E-state index is -0.133. The standard InChI is InChI=1S/C23H28ClN5OS/c1-5-20(28(3)4)22-26-27-23(29(22)14-17-9-7-6-8-10-17)31-15-21(30)25-19-12-11-16(2)13-18(19)24/h6-13,20H,5,14-15H2,1-4H3,(H,25,30)/t20-/m1/s1. The fourth-order valence-corrected chi connectivity index (χ4v) is 4.41. The van der Waals surface area contributed by atoms with Crippen molar-refractivity contribution >= 4 is 35.0 Å². The number of halogens is 1. The van der Waals surface area contributed by atoms with Crippen LogP contribution in [-0.4, -0.2) is 45.4 Å². The molecule has 1 N–H and O–H groups in total. The van der Waals surface area contributed by atoms with Crippen molar-refractivity contribution in [2.45, 2.75) is 38.0 Å². The van der Waals surface area contributed by atoms with Crippen molar-refractivity contribution in [2.75, 3.05) is 25.2 Å². The van der Waals surface area contributed by atoms with Crippen molar-refractivity contribution < 1.29 is 4.79 Å². The van der Waals surface area contributed by atoms with Crippen LogP contribution in [0.5, 0.6) is 0 Å². The summed E-state index contributed by atoms with van der Waals surface area (Å²) in [7, 11) is 4.09. The van der Waals surface area contributed by atoms with Gasteiger partial charge < -0.3 is 9.88 Å². The first-order chi connectivity index (χ1) is 14.9. The van der Waals surface area contributed by atoms with Crippen LogP contribution in [0.1, 0.15) is 36.3 Å². The van der Waals surface area contributed by atoms with Crippen LogP contribution in [0.4, 0.5) is 5.69 Å². The second kappa shape index (κ2) is 10.8. The maximum absolute atomic E-state index is 12.5. The van der Waals surface area contributed by atoms with Crippen LogP contribution >= 0.6 is 23.4 Å². The second-order valence-electron chi connectivity index (χ2n) is 7.62. The predicted molar refractivity (Wildman–Crippen MR) is 128 cm³/mol. The number of anilines is 1. The summed E-state index contributed by atoms with van der Waals surface area (Å²) in [6, 6.07) is 15.9. The number of hydrogen-bond acceptors (Lipinski definition) is 5. The van der Waals surface area contributed by atoms with E-state index in [0.29, 0.717) is 17.3 Å². The minimum Gasteiger partial charge on any atom is -0.324 e. The highest BCUT2D eigenvalue weighted by Crippen LogP contribution is 2.27. The van der Waals surface area contributed by atoms with Gasteiger partial charge in [-0.2, -0.15) is 0 Å². The number of nitrogens with one attached hydrogen (secondary N) is 1. The van der Waals surface area contributed by atoms with E-state index in [1.54, 1.807) is 0 Å². The van der Waals surface area contributed by atoms with Crippen molar-refractivity contribution in [2.24, 2.45) is 0 Å². The molecule has 1 amide bonds. The predicted octanol–water partition coefficient (Wildman–Crippen LogP) is 5.03. The Kier molecular flexibility index (Phi) is 8.12. The van der Waals surface area contributed by atoms with E-state index in [1.165, 1.54) is 11.8 Å². The molecule has 6 nitrogen and oxygen atoms in total. The molecular formula is C23H28ClN5OS. The van der Waals surface area contributed by atoms with Crippen molar-refractivity contribution in [3.63, 3.8) is 0 Å². The van der Waals surface area contributed by atoms with Crippen LogP contribution in [0.2, 0.25) is 5.02 Å². The van der Waals surface area contributed by atoms with E-state index in [0.717, 1.165) is 28.5 Å². The number of nitrogens with zero attached hydrogens (tertiary/aromatic N) is 4. The van der Waals surface area contributed by atoms with Gasteiger partial charge in [0.2, 0.25) is 5.91 Å². The number of aryl methyl sites for hydroxylation is 1. The molecule has 1 heterocycles. The Labute approximate surface area is 193 Å². The smallest absolute Gasteiger partial charge is 0.234 e. The molecule has 0 radical (unpaired) electrons. The Morgan fingerprint density at radius 3 is 2.58 bits per heavy atom. The molecule has 0 unspecified atom stereocenters. The summed E-state index contributed by atoms with van der Waals surface area (Å²) in [5.41, 5.74) is 2.82. The fraction of sp³-hybridized carbons (Fsp3) is 0.348. The molecule has 2 aromatic carbocycles. The lowest BCUT2D eigenvalue weighted by Crippen LogP contribution is -2.23. The quantitative estimate of drug-likeness (QED) is 0.456. The van der Waals surface area contributed by atoms with E-state index in [9.17, 15) is 4.79 Å². The normalized spacial score (nSPS) is 12.2. The largest absolute Gasteiger partial charge is 0.324 e. The van der Waals surface area contributed by atoms with Crippen LogP contribution in [0.15, 0.2) is 53.7 Å². The molecule has 0 saturated carbocycles. The molecule has 164 valence electrons. The van der Waals surface area contributed by atoms with Crippen molar-refractivity contribution in [1.29, 1.82) is 0 Å². The zero-order chi connectivity index (χ0) is 22.4. The summed E-state index contributed by atoms with van der Waals surface area (Å²) in [6.07, 6.45) is 0.914. The van der Waals surface area contributed by atoms with E-state index in [1.807, 2.05) is 57.4 Å². The topological polar surface area (TPSA) is 63.1 Å². The lowest BCUT2D eigenvalue weighted by molar-refractivity contribution is -0.113. The minimum absolute atomic E-state index is 0.133. The fourth-order valence-electron chi connectivity index (χ4n) is 3.38. The van der Waals surface area contributed by atoms with Gasteiger partial charge in [0.25, 0.3) is 0 Å². The van der Waals surface area contributed by atoms with Crippen LogP contribution in [0.25, 0.3) is 0 Å². The number of benzene rings is 2. The summed E-state index contributed by atoms with van der Waals surface area (Å²) in [6.45, 7) is 4.75. The number of rotatable bonds is 9.